The second-order valence-electron chi connectivity index (χ2n) is 5.77. The molecule has 2 unspecified atom stereocenters. The predicted octanol–water partition coefficient (Wildman–Crippen LogP) is 1.68. The quantitative estimate of drug-likeness (QED) is 0.791. The third kappa shape index (κ3) is 2.07. The Balaban J connectivity index is 1.86. The maximum Gasteiger partial charge on any atom is 0.0854 e. The van der Waals surface area contributed by atoms with E-state index >= 15 is 0 Å². The standard InChI is InChI=1S/C15H22N2O/c1-17-9-4-7-15(18,8-10-17)14-13-6-3-2-5-12(13)11-16-14/h2-3,5-6,14,16,18H,4,7-11H2,1H3. The highest BCUT2D eigenvalue weighted by Crippen LogP contribution is 2.39. The molecule has 0 bridgehead atoms. The van der Waals surface area contributed by atoms with Crippen LogP contribution in [-0.4, -0.2) is 35.7 Å². The lowest BCUT2D eigenvalue weighted by Gasteiger charge is -2.34. The zero-order valence-electron chi connectivity index (χ0n) is 11.0. The maximum absolute atomic E-state index is 11.0. The van der Waals surface area contributed by atoms with E-state index in [-0.39, 0.29) is 6.04 Å². The van der Waals surface area contributed by atoms with E-state index in [2.05, 4.69) is 41.5 Å². The topological polar surface area (TPSA) is 35.5 Å². The molecule has 2 atom stereocenters. The number of nitrogens with zero attached hydrogens (tertiary/aromatic N) is 1. The van der Waals surface area contributed by atoms with E-state index < -0.39 is 5.60 Å². The van der Waals surface area contributed by atoms with E-state index in [1.165, 1.54) is 11.1 Å². The summed E-state index contributed by atoms with van der Waals surface area (Å²) in [5.74, 6) is 0. The Kier molecular flexibility index (Phi) is 3.14. The Bertz CT molecular complexity index is 434. The zero-order valence-corrected chi connectivity index (χ0v) is 11.0. The number of nitrogens with one attached hydrogen (secondary N) is 1. The summed E-state index contributed by atoms with van der Waals surface area (Å²) in [7, 11) is 2.14. The van der Waals surface area contributed by atoms with Gasteiger partial charge < -0.3 is 15.3 Å². The van der Waals surface area contributed by atoms with Gasteiger partial charge in [-0.2, -0.15) is 0 Å². The number of hydrogen-bond donors (Lipinski definition) is 2. The summed E-state index contributed by atoms with van der Waals surface area (Å²) in [6.45, 7) is 2.96. The highest BCUT2D eigenvalue weighted by Gasteiger charge is 2.41. The van der Waals surface area contributed by atoms with Gasteiger partial charge in [0.05, 0.1) is 11.6 Å². The molecule has 0 aliphatic carbocycles. The molecule has 0 aromatic heterocycles. The number of aliphatic hydroxyl groups is 1. The first-order chi connectivity index (χ1) is 8.69. The smallest absolute Gasteiger partial charge is 0.0854 e. The lowest BCUT2D eigenvalue weighted by Crippen LogP contribution is -2.41. The molecule has 2 aliphatic heterocycles. The van der Waals surface area contributed by atoms with Crippen LogP contribution in [0.25, 0.3) is 0 Å². The van der Waals surface area contributed by atoms with Crippen molar-refractivity contribution >= 4 is 0 Å². The van der Waals surface area contributed by atoms with E-state index in [1.54, 1.807) is 0 Å². The lowest BCUT2D eigenvalue weighted by atomic mass is 9.83. The number of fused-ring (bicyclic) bond motifs is 1. The normalized spacial score (nSPS) is 33.1. The summed E-state index contributed by atoms with van der Waals surface area (Å²) < 4.78 is 0. The molecular formula is C15H22N2O. The van der Waals surface area contributed by atoms with Crippen molar-refractivity contribution in [2.24, 2.45) is 0 Å². The fourth-order valence-corrected chi connectivity index (χ4v) is 3.34. The number of likely N-dealkylation sites (tertiary alicyclic amines) is 1. The van der Waals surface area contributed by atoms with Crippen LogP contribution in [0.3, 0.4) is 0 Å². The molecule has 0 spiro atoms. The molecule has 3 nitrogen and oxygen atoms in total. The molecule has 0 radical (unpaired) electrons. The Morgan fingerprint density at radius 3 is 3.00 bits per heavy atom. The summed E-state index contributed by atoms with van der Waals surface area (Å²) in [5, 5.41) is 14.5. The fourth-order valence-electron chi connectivity index (χ4n) is 3.34. The molecule has 3 rings (SSSR count). The third-order valence-corrected chi connectivity index (χ3v) is 4.48. The summed E-state index contributed by atoms with van der Waals surface area (Å²) in [6.07, 6.45) is 2.83. The molecule has 2 N–H and O–H groups in total. The van der Waals surface area contributed by atoms with Crippen molar-refractivity contribution in [1.82, 2.24) is 10.2 Å². The number of hydrogen-bond acceptors (Lipinski definition) is 3. The van der Waals surface area contributed by atoms with Crippen molar-refractivity contribution in [2.75, 3.05) is 20.1 Å². The fraction of sp³-hybridized carbons (Fsp3) is 0.600. The Morgan fingerprint density at radius 1 is 1.28 bits per heavy atom. The van der Waals surface area contributed by atoms with Gasteiger partial charge in [0.1, 0.15) is 0 Å². The molecule has 0 saturated carbocycles. The van der Waals surface area contributed by atoms with E-state index in [0.29, 0.717) is 0 Å². The first-order valence-corrected chi connectivity index (χ1v) is 6.91. The van der Waals surface area contributed by atoms with E-state index in [9.17, 15) is 5.11 Å². The van der Waals surface area contributed by atoms with Gasteiger partial charge in [0, 0.05) is 13.1 Å². The molecule has 1 saturated heterocycles. The van der Waals surface area contributed by atoms with Gasteiger partial charge in [-0.05, 0) is 44.0 Å². The minimum Gasteiger partial charge on any atom is -0.388 e. The zero-order chi connectivity index (χ0) is 12.6. The molecule has 0 amide bonds. The van der Waals surface area contributed by atoms with Gasteiger partial charge in [0.15, 0.2) is 0 Å². The predicted molar refractivity (Wildman–Crippen MR) is 72.3 cm³/mol. The van der Waals surface area contributed by atoms with Crippen molar-refractivity contribution in [3.63, 3.8) is 0 Å². The van der Waals surface area contributed by atoms with Crippen molar-refractivity contribution in [1.29, 1.82) is 0 Å². The van der Waals surface area contributed by atoms with E-state index in [1.807, 2.05) is 0 Å². The Labute approximate surface area is 109 Å². The first-order valence-electron chi connectivity index (χ1n) is 6.91. The van der Waals surface area contributed by atoms with E-state index in [0.717, 1.165) is 38.9 Å². The molecule has 2 aliphatic rings. The number of rotatable bonds is 1. The van der Waals surface area contributed by atoms with Crippen LogP contribution in [0.1, 0.15) is 36.4 Å². The van der Waals surface area contributed by atoms with Gasteiger partial charge in [0.25, 0.3) is 0 Å². The van der Waals surface area contributed by atoms with Gasteiger partial charge in [0.2, 0.25) is 0 Å². The lowest BCUT2D eigenvalue weighted by molar-refractivity contribution is -0.00928. The average molecular weight is 246 g/mol. The molecule has 98 valence electrons. The first kappa shape index (κ1) is 12.2. The molecule has 1 aromatic rings. The SMILES string of the molecule is CN1CCCC(O)(C2NCc3ccccc32)CC1. The second kappa shape index (κ2) is 4.65. The average Bonchev–Trinajstić information content (AvgIpc) is 2.73. The summed E-state index contributed by atoms with van der Waals surface area (Å²) in [6, 6.07) is 8.58. The number of benzene rings is 1. The molecule has 18 heavy (non-hydrogen) atoms. The van der Waals surface area contributed by atoms with Crippen LogP contribution in [0, 0.1) is 0 Å². The van der Waals surface area contributed by atoms with Gasteiger partial charge in [-0.1, -0.05) is 24.3 Å². The minimum atomic E-state index is -0.586. The summed E-state index contributed by atoms with van der Waals surface area (Å²) in [4.78, 5) is 2.32. The van der Waals surface area contributed by atoms with Gasteiger partial charge in [-0.25, -0.2) is 0 Å². The summed E-state index contributed by atoms with van der Waals surface area (Å²) in [5.41, 5.74) is 2.05. The van der Waals surface area contributed by atoms with Crippen LogP contribution >= 0.6 is 0 Å². The van der Waals surface area contributed by atoms with Crippen LogP contribution in [0.4, 0.5) is 0 Å². The Morgan fingerprint density at radius 2 is 2.11 bits per heavy atom. The van der Waals surface area contributed by atoms with Crippen LogP contribution < -0.4 is 5.32 Å². The monoisotopic (exact) mass is 246 g/mol. The second-order valence-corrected chi connectivity index (χ2v) is 5.77. The molecule has 3 heteroatoms. The maximum atomic E-state index is 11.0. The molecule has 1 fully saturated rings. The van der Waals surface area contributed by atoms with Crippen molar-refractivity contribution in [2.45, 2.75) is 37.5 Å². The van der Waals surface area contributed by atoms with Crippen LogP contribution in [0.5, 0.6) is 0 Å². The summed E-state index contributed by atoms with van der Waals surface area (Å²) >= 11 is 0. The third-order valence-electron chi connectivity index (χ3n) is 4.48. The molecule has 2 heterocycles. The van der Waals surface area contributed by atoms with Gasteiger partial charge in [-0.3, -0.25) is 0 Å². The van der Waals surface area contributed by atoms with Crippen LogP contribution in [0.15, 0.2) is 24.3 Å². The molecular weight excluding hydrogens is 224 g/mol. The molecule has 1 aromatic carbocycles. The van der Waals surface area contributed by atoms with E-state index in [4.69, 9.17) is 0 Å². The highest BCUT2D eigenvalue weighted by atomic mass is 16.3. The highest BCUT2D eigenvalue weighted by molar-refractivity contribution is 5.36. The van der Waals surface area contributed by atoms with Gasteiger partial charge in [-0.15, -0.1) is 0 Å². The van der Waals surface area contributed by atoms with Crippen molar-refractivity contribution in [3.8, 4) is 0 Å². The largest absolute Gasteiger partial charge is 0.388 e. The van der Waals surface area contributed by atoms with Gasteiger partial charge >= 0.3 is 0 Å². The van der Waals surface area contributed by atoms with Crippen LogP contribution in [-0.2, 0) is 6.54 Å². The van der Waals surface area contributed by atoms with Crippen LogP contribution in [0.2, 0.25) is 0 Å². The van der Waals surface area contributed by atoms with Crippen molar-refractivity contribution < 1.29 is 5.11 Å². The van der Waals surface area contributed by atoms with Crippen molar-refractivity contribution in [3.05, 3.63) is 35.4 Å². The minimum absolute atomic E-state index is 0.111. The Hall–Kier alpha value is -0.900.